The largest absolute Gasteiger partial charge is 0.495 e. The summed E-state index contributed by atoms with van der Waals surface area (Å²) in [5.41, 5.74) is -0.434. The lowest BCUT2D eigenvalue weighted by molar-refractivity contribution is -0.123. The average molecular weight is 304 g/mol. The summed E-state index contributed by atoms with van der Waals surface area (Å²) in [6, 6.07) is 9.40. The molecule has 5 heteroatoms. The third-order valence-corrected chi connectivity index (χ3v) is 3.95. The molecule has 21 heavy (non-hydrogen) atoms. The summed E-state index contributed by atoms with van der Waals surface area (Å²) in [5.74, 6) is 0.784. The number of nitriles is 1. The number of anilines is 1. The van der Waals surface area contributed by atoms with E-state index in [1.165, 1.54) is 11.8 Å². The molecule has 0 bridgehead atoms. The molecule has 0 radical (unpaired) electrons. The van der Waals surface area contributed by atoms with Crippen LogP contribution in [-0.4, -0.2) is 31.6 Å². The maximum absolute atomic E-state index is 12.8. The molecule has 0 saturated heterocycles. The number of para-hydroxylation sites is 2. The summed E-state index contributed by atoms with van der Waals surface area (Å²) in [6.07, 6.45) is 3.52. The molecule has 1 atom stereocenters. The minimum atomic E-state index is -1.08. The summed E-state index contributed by atoms with van der Waals surface area (Å²) in [4.78, 5) is 14.4. The zero-order chi connectivity index (χ0) is 15.9. The van der Waals surface area contributed by atoms with Crippen molar-refractivity contribution in [3.8, 4) is 11.8 Å². The molecule has 1 unspecified atom stereocenters. The number of thioether (sulfide) groups is 1. The number of carbonyl (C=O) groups excluding carboxylic acids is 1. The lowest BCUT2D eigenvalue weighted by Gasteiger charge is -2.30. The standard InChI is InChI=1S/C16H20N2O2S/c1-5-10-18(13-8-6-7-9-14(13)20-3)15(19)16(2,11-17)12-21-4/h5-9H,1,10,12H2,2-4H3. The van der Waals surface area contributed by atoms with Gasteiger partial charge in [0.1, 0.15) is 11.2 Å². The molecule has 0 aliphatic heterocycles. The number of hydrogen-bond acceptors (Lipinski definition) is 4. The Bertz CT molecular complexity index is 553. The van der Waals surface area contributed by atoms with Crippen LogP contribution in [0.3, 0.4) is 0 Å². The third kappa shape index (κ3) is 3.79. The van der Waals surface area contributed by atoms with Crippen LogP contribution in [0.1, 0.15) is 6.92 Å². The summed E-state index contributed by atoms with van der Waals surface area (Å²) < 4.78 is 5.31. The second kappa shape index (κ2) is 7.75. The smallest absolute Gasteiger partial charge is 0.248 e. The molecule has 1 aromatic carbocycles. The first kappa shape index (κ1) is 17.1. The van der Waals surface area contributed by atoms with Crippen molar-refractivity contribution in [2.24, 2.45) is 5.41 Å². The Kier molecular flexibility index (Phi) is 6.32. The molecule has 112 valence electrons. The Morgan fingerprint density at radius 2 is 2.24 bits per heavy atom. The van der Waals surface area contributed by atoms with E-state index in [-0.39, 0.29) is 5.91 Å². The first-order valence-electron chi connectivity index (χ1n) is 6.50. The van der Waals surface area contributed by atoms with Crippen LogP contribution >= 0.6 is 11.8 Å². The Labute approximate surface area is 130 Å². The fraction of sp³-hybridized carbons (Fsp3) is 0.375. The van der Waals surface area contributed by atoms with Gasteiger partial charge in [0.2, 0.25) is 5.91 Å². The van der Waals surface area contributed by atoms with E-state index in [9.17, 15) is 10.1 Å². The van der Waals surface area contributed by atoms with E-state index >= 15 is 0 Å². The second-order valence-corrected chi connectivity index (χ2v) is 5.62. The van der Waals surface area contributed by atoms with Gasteiger partial charge in [-0.05, 0) is 25.3 Å². The minimum Gasteiger partial charge on any atom is -0.495 e. The third-order valence-electron chi connectivity index (χ3n) is 3.08. The van der Waals surface area contributed by atoms with Crippen LogP contribution in [-0.2, 0) is 4.79 Å². The predicted molar refractivity (Wildman–Crippen MR) is 87.6 cm³/mol. The summed E-state index contributed by atoms with van der Waals surface area (Å²) in [6.45, 7) is 5.68. The van der Waals surface area contributed by atoms with Gasteiger partial charge in [0.05, 0.1) is 18.9 Å². The van der Waals surface area contributed by atoms with E-state index in [0.29, 0.717) is 23.7 Å². The number of nitrogens with zero attached hydrogens (tertiary/aromatic N) is 2. The number of methoxy groups -OCH3 is 1. The average Bonchev–Trinajstić information content (AvgIpc) is 2.52. The molecular formula is C16H20N2O2S. The molecule has 1 aromatic rings. The number of amides is 1. The Balaban J connectivity index is 3.26. The maximum atomic E-state index is 12.8. The van der Waals surface area contributed by atoms with E-state index in [1.54, 1.807) is 37.1 Å². The van der Waals surface area contributed by atoms with E-state index in [0.717, 1.165) is 0 Å². The number of benzene rings is 1. The van der Waals surface area contributed by atoms with Gasteiger partial charge in [-0.1, -0.05) is 18.2 Å². The Morgan fingerprint density at radius 1 is 1.57 bits per heavy atom. The zero-order valence-corrected chi connectivity index (χ0v) is 13.4. The zero-order valence-electron chi connectivity index (χ0n) is 12.6. The molecule has 1 amide bonds. The highest BCUT2D eigenvalue weighted by Crippen LogP contribution is 2.32. The van der Waals surface area contributed by atoms with Crippen LogP contribution < -0.4 is 9.64 Å². The summed E-state index contributed by atoms with van der Waals surface area (Å²) in [5, 5.41) is 9.41. The van der Waals surface area contributed by atoms with Gasteiger partial charge in [-0.15, -0.1) is 6.58 Å². The van der Waals surface area contributed by atoms with Gasteiger partial charge in [-0.25, -0.2) is 0 Å². The molecule has 0 saturated carbocycles. The number of rotatable bonds is 7. The molecule has 0 aliphatic rings. The van der Waals surface area contributed by atoms with Crippen molar-refractivity contribution in [1.29, 1.82) is 5.26 Å². The lowest BCUT2D eigenvalue weighted by atomic mass is 9.93. The SMILES string of the molecule is C=CCN(C(=O)C(C)(C#N)CSC)c1ccccc1OC. The topological polar surface area (TPSA) is 53.3 Å². The first-order chi connectivity index (χ1) is 10.0. The maximum Gasteiger partial charge on any atom is 0.248 e. The van der Waals surface area contributed by atoms with Gasteiger partial charge in [-0.2, -0.15) is 17.0 Å². The second-order valence-electron chi connectivity index (χ2n) is 4.75. The molecule has 4 nitrogen and oxygen atoms in total. The van der Waals surface area contributed by atoms with E-state index in [2.05, 4.69) is 12.6 Å². The fourth-order valence-corrected chi connectivity index (χ4v) is 2.77. The fourth-order valence-electron chi connectivity index (χ4n) is 2.00. The minimum absolute atomic E-state index is 0.247. The van der Waals surface area contributed by atoms with Crippen molar-refractivity contribution >= 4 is 23.4 Å². The molecule has 0 aliphatic carbocycles. The highest BCUT2D eigenvalue weighted by molar-refractivity contribution is 7.98. The number of ether oxygens (including phenoxy) is 1. The van der Waals surface area contributed by atoms with Gasteiger partial charge in [0.15, 0.2) is 0 Å². The monoisotopic (exact) mass is 304 g/mol. The summed E-state index contributed by atoms with van der Waals surface area (Å²) >= 11 is 1.48. The van der Waals surface area contributed by atoms with Gasteiger partial charge in [0.25, 0.3) is 0 Å². The van der Waals surface area contributed by atoms with Crippen LogP contribution in [0, 0.1) is 16.7 Å². The van der Waals surface area contributed by atoms with Gasteiger partial charge < -0.3 is 9.64 Å². The van der Waals surface area contributed by atoms with Gasteiger partial charge >= 0.3 is 0 Å². The van der Waals surface area contributed by atoms with E-state index in [1.807, 2.05) is 18.4 Å². The van der Waals surface area contributed by atoms with Crippen LogP contribution in [0.15, 0.2) is 36.9 Å². The molecule has 0 fully saturated rings. The molecule has 0 N–H and O–H groups in total. The van der Waals surface area contributed by atoms with E-state index < -0.39 is 5.41 Å². The molecule has 0 aromatic heterocycles. The molecule has 0 spiro atoms. The Morgan fingerprint density at radius 3 is 2.76 bits per heavy atom. The quantitative estimate of drug-likeness (QED) is 0.726. The van der Waals surface area contributed by atoms with Crippen LogP contribution in [0.4, 0.5) is 5.69 Å². The molecular weight excluding hydrogens is 284 g/mol. The van der Waals surface area contributed by atoms with E-state index in [4.69, 9.17) is 4.74 Å². The van der Waals surface area contributed by atoms with Crippen molar-refractivity contribution in [3.63, 3.8) is 0 Å². The normalized spacial score (nSPS) is 12.9. The summed E-state index contributed by atoms with van der Waals surface area (Å²) in [7, 11) is 1.56. The van der Waals surface area contributed by atoms with Crippen LogP contribution in [0.5, 0.6) is 5.75 Å². The van der Waals surface area contributed by atoms with Crippen molar-refractivity contribution in [1.82, 2.24) is 0 Å². The van der Waals surface area contributed by atoms with Gasteiger partial charge in [-0.3, -0.25) is 4.79 Å². The van der Waals surface area contributed by atoms with Crippen LogP contribution in [0.25, 0.3) is 0 Å². The van der Waals surface area contributed by atoms with Crippen molar-refractivity contribution in [2.75, 3.05) is 30.6 Å². The number of carbonyl (C=O) groups is 1. The van der Waals surface area contributed by atoms with Crippen molar-refractivity contribution < 1.29 is 9.53 Å². The Hall–Kier alpha value is -1.93. The number of hydrogen-bond donors (Lipinski definition) is 0. The first-order valence-corrected chi connectivity index (χ1v) is 7.89. The highest BCUT2D eigenvalue weighted by atomic mass is 32.2. The molecule has 0 heterocycles. The molecule has 1 rings (SSSR count). The predicted octanol–water partition coefficient (Wildman–Crippen LogP) is 3.11. The van der Waals surface area contributed by atoms with Crippen molar-refractivity contribution in [3.05, 3.63) is 36.9 Å². The van der Waals surface area contributed by atoms with Crippen LogP contribution in [0.2, 0.25) is 0 Å². The van der Waals surface area contributed by atoms with Gasteiger partial charge in [0, 0.05) is 12.3 Å². The van der Waals surface area contributed by atoms with Crippen molar-refractivity contribution in [2.45, 2.75) is 6.92 Å². The highest BCUT2D eigenvalue weighted by Gasteiger charge is 2.37. The lowest BCUT2D eigenvalue weighted by Crippen LogP contribution is -2.43.